The molecule has 2 aromatic rings. The van der Waals surface area contributed by atoms with E-state index in [-0.39, 0.29) is 5.97 Å². The summed E-state index contributed by atoms with van der Waals surface area (Å²) in [7, 11) is 1.36. The smallest absolute Gasteiger partial charge is 0.339 e. The van der Waals surface area contributed by atoms with Crippen molar-refractivity contribution in [2.75, 3.05) is 19.0 Å². The molecule has 0 saturated carbocycles. The highest BCUT2D eigenvalue weighted by molar-refractivity contribution is 5.90. The number of aryl methyl sites for hydroxylation is 1. The number of aromatic nitrogens is 3. The second kappa shape index (κ2) is 5.99. The van der Waals surface area contributed by atoms with E-state index in [2.05, 4.69) is 25.0 Å². The largest absolute Gasteiger partial charge is 0.465 e. The molecule has 0 bridgehead atoms. The summed E-state index contributed by atoms with van der Waals surface area (Å²) < 4.78 is 4.68. The molecule has 2 N–H and O–H groups in total. The third-order valence-electron chi connectivity index (χ3n) is 2.75. The predicted octanol–water partition coefficient (Wildman–Crippen LogP) is 1.55. The van der Waals surface area contributed by atoms with E-state index < -0.39 is 0 Å². The van der Waals surface area contributed by atoms with Gasteiger partial charge in [0.1, 0.15) is 5.82 Å². The Balaban J connectivity index is 1.94. The normalized spacial score (nSPS) is 10.2. The lowest BCUT2D eigenvalue weighted by atomic mass is 10.2. The Bertz CT molecular complexity index is 552. The molecule has 0 radical (unpaired) electrons. The van der Waals surface area contributed by atoms with E-state index in [4.69, 9.17) is 0 Å². The van der Waals surface area contributed by atoms with Crippen LogP contribution in [-0.2, 0) is 11.2 Å². The Morgan fingerprint density at radius 3 is 2.95 bits per heavy atom. The molecule has 100 valence electrons. The second-order valence-electron chi connectivity index (χ2n) is 4.07. The zero-order valence-corrected chi connectivity index (χ0v) is 10.9. The third-order valence-corrected chi connectivity index (χ3v) is 2.75. The minimum atomic E-state index is -0.367. The molecule has 2 aromatic heterocycles. The van der Waals surface area contributed by atoms with Gasteiger partial charge in [-0.3, -0.25) is 0 Å². The number of aromatic amines is 1. The Morgan fingerprint density at radius 1 is 1.47 bits per heavy atom. The second-order valence-corrected chi connectivity index (χ2v) is 4.07. The Morgan fingerprint density at radius 2 is 2.32 bits per heavy atom. The number of esters is 1. The fourth-order valence-corrected chi connectivity index (χ4v) is 1.73. The van der Waals surface area contributed by atoms with Gasteiger partial charge in [-0.2, -0.15) is 0 Å². The minimum Gasteiger partial charge on any atom is -0.465 e. The van der Waals surface area contributed by atoms with Gasteiger partial charge < -0.3 is 15.0 Å². The standard InChI is InChI=1S/C13H16N4O2/c1-9-11(13(18)19-2)3-4-12(17-9)15-6-5-10-7-14-8-16-10/h3-4,7-8H,5-6H2,1-2H3,(H,14,16)(H,15,17). The van der Waals surface area contributed by atoms with Crippen LogP contribution in [-0.4, -0.2) is 34.6 Å². The maximum Gasteiger partial charge on any atom is 0.339 e. The molecule has 0 fully saturated rings. The summed E-state index contributed by atoms with van der Waals surface area (Å²) >= 11 is 0. The molecule has 0 spiro atoms. The van der Waals surface area contributed by atoms with Crippen molar-refractivity contribution in [3.05, 3.63) is 41.6 Å². The molecule has 0 unspecified atom stereocenters. The van der Waals surface area contributed by atoms with Crippen molar-refractivity contribution < 1.29 is 9.53 Å². The van der Waals surface area contributed by atoms with E-state index in [9.17, 15) is 4.79 Å². The molecule has 6 heteroatoms. The van der Waals surface area contributed by atoms with Crippen LogP contribution in [0.4, 0.5) is 5.82 Å². The van der Waals surface area contributed by atoms with Crippen molar-refractivity contribution >= 4 is 11.8 Å². The van der Waals surface area contributed by atoms with Crippen molar-refractivity contribution in [3.63, 3.8) is 0 Å². The average molecular weight is 260 g/mol. The van der Waals surface area contributed by atoms with Crippen LogP contribution < -0.4 is 5.32 Å². The van der Waals surface area contributed by atoms with Gasteiger partial charge in [0, 0.05) is 24.9 Å². The summed E-state index contributed by atoms with van der Waals surface area (Å²) in [5.41, 5.74) is 2.20. The number of rotatable bonds is 5. The molecule has 0 aliphatic rings. The number of hydrogen-bond acceptors (Lipinski definition) is 5. The van der Waals surface area contributed by atoms with Gasteiger partial charge in [-0.05, 0) is 19.1 Å². The quantitative estimate of drug-likeness (QED) is 0.797. The highest BCUT2D eigenvalue weighted by atomic mass is 16.5. The summed E-state index contributed by atoms with van der Waals surface area (Å²) in [6.07, 6.45) is 4.28. The van der Waals surface area contributed by atoms with E-state index in [1.165, 1.54) is 7.11 Å². The highest BCUT2D eigenvalue weighted by Crippen LogP contribution is 2.11. The summed E-state index contributed by atoms with van der Waals surface area (Å²) in [4.78, 5) is 22.7. The number of ether oxygens (including phenoxy) is 1. The number of nitrogens with zero attached hydrogens (tertiary/aromatic N) is 2. The van der Waals surface area contributed by atoms with Crippen LogP contribution >= 0.6 is 0 Å². The average Bonchev–Trinajstić information content (AvgIpc) is 2.91. The van der Waals surface area contributed by atoms with E-state index in [0.29, 0.717) is 11.3 Å². The molecule has 2 heterocycles. The number of anilines is 1. The van der Waals surface area contributed by atoms with Crippen molar-refractivity contribution in [1.82, 2.24) is 15.0 Å². The van der Waals surface area contributed by atoms with E-state index in [0.717, 1.165) is 24.5 Å². The first-order valence-corrected chi connectivity index (χ1v) is 5.98. The fourth-order valence-electron chi connectivity index (χ4n) is 1.73. The number of pyridine rings is 1. The summed E-state index contributed by atoms with van der Waals surface area (Å²) in [5.74, 6) is 0.374. The molecule has 6 nitrogen and oxygen atoms in total. The summed E-state index contributed by atoms with van der Waals surface area (Å²) in [5, 5.41) is 3.20. The number of nitrogens with one attached hydrogen (secondary N) is 2. The first kappa shape index (κ1) is 13.1. The maximum atomic E-state index is 11.4. The van der Waals surface area contributed by atoms with E-state index >= 15 is 0 Å². The van der Waals surface area contributed by atoms with Gasteiger partial charge in [-0.1, -0.05) is 0 Å². The van der Waals surface area contributed by atoms with Crippen LogP contribution in [0.5, 0.6) is 0 Å². The molecule has 0 aliphatic carbocycles. The lowest BCUT2D eigenvalue weighted by Gasteiger charge is -2.08. The van der Waals surface area contributed by atoms with Crippen LogP contribution in [0.2, 0.25) is 0 Å². The highest BCUT2D eigenvalue weighted by Gasteiger charge is 2.10. The lowest BCUT2D eigenvalue weighted by molar-refractivity contribution is 0.0599. The number of carbonyl (C=O) groups excluding carboxylic acids is 1. The van der Waals surface area contributed by atoms with Gasteiger partial charge in [0.15, 0.2) is 0 Å². The van der Waals surface area contributed by atoms with Crippen molar-refractivity contribution in [2.45, 2.75) is 13.3 Å². The molecular formula is C13H16N4O2. The van der Waals surface area contributed by atoms with Crippen LogP contribution in [0.3, 0.4) is 0 Å². The monoisotopic (exact) mass is 260 g/mol. The molecular weight excluding hydrogens is 244 g/mol. The third kappa shape index (κ3) is 3.31. The molecule has 2 rings (SSSR count). The van der Waals surface area contributed by atoms with E-state index in [1.807, 2.05) is 0 Å². The van der Waals surface area contributed by atoms with Gasteiger partial charge in [0.05, 0.1) is 24.7 Å². The molecule has 19 heavy (non-hydrogen) atoms. The molecule has 0 aliphatic heterocycles. The topological polar surface area (TPSA) is 79.9 Å². The van der Waals surface area contributed by atoms with Crippen LogP contribution in [0.25, 0.3) is 0 Å². The molecule has 0 atom stereocenters. The van der Waals surface area contributed by atoms with Gasteiger partial charge in [-0.25, -0.2) is 14.8 Å². The van der Waals surface area contributed by atoms with Crippen LogP contribution in [0.15, 0.2) is 24.7 Å². The predicted molar refractivity (Wildman–Crippen MR) is 71.1 cm³/mol. The van der Waals surface area contributed by atoms with Crippen molar-refractivity contribution in [2.24, 2.45) is 0 Å². The molecule has 0 saturated heterocycles. The first-order valence-electron chi connectivity index (χ1n) is 5.98. The minimum absolute atomic E-state index is 0.367. The Kier molecular flexibility index (Phi) is 4.12. The summed E-state index contributed by atoms with van der Waals surface area (Å²) in [6.45, 7) is 2.53. The van der Waals surface area contributed by atoms with Crippen LogP contribution in [0.1, 0.15) is 21.7 Å². The maximum absolute atomic E-state index is 11.4. The van der Waals surface area contributed by atoms with Gasteiger partial charge in [0.2, 0.25) is 0 Å². The summed E-state index contributed by atoms with van der Waals surface area (Å²) in [6, 6.07) is 3.49. The fraction of sp³-hybridized carbons (Fsp3) is 0.308. The Hall–Kier alpha value is -2.37. The number of carbonyl (C=O) groups is 1. The molecule has 0 aromatic carbocycles. The van der Waals surface area contributed by atoms with Gasteiger partial charge in [-0.15, -0.1) is 0 Å². The number of methoxy groups -OCH3 is 1. The van der Waals surface area contributed by atoms with Crippen LogP contribution in [0, 0.1) is 6.92 Å². The number of hydrogen-bond donors (Lipinski definition) is 2. The SMILES string of the molecule is COC(=O)c1ccc(NCCc2cnc[nH]2)nc1C. The zero-order chi connectivity index (χ0) is 13.7. The van der Waals surface area contributed by atoms with Crippen molar-refractivity contribution in [1.29, 1.82) is 0 Å². The lowest BCUT2D eigenvalue weighted by Crippen LogP contribution is -2.10. The van der Waals surface area contributed by atoms with Gasteiger partial charge >= 0.3 is 5.97 Å². The zero-order valence-electron chi connectivity index (χ0n) is 10.9. The van der Waals surface area contributed by atoms with Gasteiger partial charge in [0.25, 0.3) is 0 Å². The number of H-pyrrole nitrogens is 1. The first-order chi connectivity index (χ1) is 9.20. The number of imidazole rings is 1. The van der Waals surface area contributed by atoms with Crippen molar-refractivity contribution in [3.8, 4) is 0 Å². The Labute approximate surface area is 111 Å². The van der Waals surface area contributed by atoms with E-state index in [1.54, 1.807) is 31.6 Å². The molecule has 0 amide bonds.